The molecule has 1 saturated heterocycles. The van der Waals surface area contributed by atoms with Crippen LogP contribution in [-0.2, 0) is 11.2 Å². The van der Waals surface area contributed by atoms with Crippen molar-refractivity contribution in [3.8, 4) is 0 Å². The fourth-order valence-corrected chi connectivity index (χ4v) is 2.68. The maximum Gasteiger partial charge on any atom is 0.205 e. The van der Waals surface area contributed by atoms with Crippen molar-refractivity contribution in [2.24, 2.45) is 0 Å². The fraction of sp³-hybridized carbons (Fsp3) is 0.700. The highest BCUT2D eigenvalue weighted by Crippen LogP contribution is 2.25. The summed E-state index contributed by atoms with van der Waals surface area (Å²) in [6.07, 6.45) is 5.12. The Morgan fingerprint density at radius 3 is 3.13 bits per heavy atom. The topological polar surface area (TPSA) is 46.1 Å². The summed E-state index contributed by atoms with van der Waals surface area (Å²) in [4.78, 5) is 17.5. The molecule has 1 aromatic rings. The van der Waals surface area contributed by atoms with Gasteiger partial charge in [0.1, 0.15) is 12.1 Å². The second kappa shape index (κ2) is 4.70. The molecule has 1 aliphatic heterocycles. The maximum absolute atomic E-state index is 10.9. The van der Waals surface area contributed by atoms with Gasteiger partial charge in [-0.15, -0.1) is 0 Å². The molecule has 1 fully saturated rings. The van der Waals surface area contributed by atoms with Crippen molar-refractivity contribution in [3.05, 3.63) is 5.82 Å². The minimum absolute atomic E-state index is 0.0106. The molecular formula is C10H15N3OS. The molecule has 0 amide bonds. The van der Waals surface area contributed by atoms with Crippen LogP contribution in [0.15, 0.2) is 0 Å². The number of piperidine rings is 1. The van der Waals surface area contributed by atoms with Crippen LogP contribution in [0.4, 0.5) is 5.13 Å². The number of carbonyl (C=O) groups is 1. The van der Waals surface area contributed by atoms with Gasteiger partial charge >= 0.3 is 0 Å². The number of hydrogen-bond acceptors (Lipinski definition) is 5. The summed E-state index contributed by atoms with van der Waals surface area (Å²) in [5.74, 6) is 0.880. The maximum atomic E-state index is 10.9. The summed E-state index contributed by atoms with van der Waals surface area (Å²) in [5.41, 5.74) is 0. The van der Waals surface area contributed by atoms with Gasteiger partial charge in [0.05, 0.1) is 6.04 Å². The second-order valence-corrected chi connectivity index (χ2v) is 4.47. The van der Waals surface area contributed by atoms with Crippen LogP contribution < -0.4 is 4.90 Å². The number of aldehydes is 1. The van der Waals surface area contributed by atoms with Gasteiger partial charge in [-0.2, -0.15) is 4.37 Å². The Bertz CT molecular complexity index is 339. The van der Waals surface area contributed by atoms with E-state index >= 15 is 0 Å². The molecule has 0 bridgehead atoms. The molecule has 2 heterocycles. The van der Waals surface area contributed by atoms with E-state index < -0.39 is 0 Å². The Labute approximate surface area is 93.5 Å². The Kier molecular flexibility index (Phi) is 3.30. The number of aromatic nitrogens is 2. The third-order valence-corrected chi connectivity index (χ3v) is 3.52. The van der Waals surface area contributed by atoms with Gasteiger partial charge in [0.2, 0.25) is 5.13 Å². The van der Waals surface area contributed by atoms with Crippen molar-refractivity contribution >= 4 is 23.0 Å². The molecule has 82 valence electrons. The number of rotatable bonds is 3. The molecule has 4 nitrogen and oxygen atoms in total. The first-order valence-corrected chi connectivity index (χ1v) is 6.17. The zero-order valence-corrected chi connectivity index (χ0v) is 9.66. The van der Waals surface area contributed by atoms with Crippen molar-refractivity contribution in [1.82, 2.24) is 9.36 Å². The second-order valence-electron chi connectivity index (χ2n) is 3.74. The standard InChI is InChI=1S/C10H15N3OS/c1-2-9-11-10(15-12-9)13-6-4-3-5-8(13)7-14/h7-8H,2-6H2,1H3. The number of carbonyl (C=O) groups excluding carboxylic acids is 1. The normalized spacial score (nSPS) is 21.7. The van der Waals surface area contributed by atoms with E-state index in [0.717, 1.165) is 49.5 Å². The number of anilines is 1. The molecule has 5 heteroatoms. The smallest absolute Gasteiger partial charge is 0.205 e. The van der Waals surface area contributed by atoms with E-state index in [1.807, 2.05) is 6.92 Å². The van der Waals surface area contributed by atoms with Gasteiger partial charge in [0.25, 0.3) is 0 Å². The van der Waals surface area contributed by atoms with Crippen molar-refractivity contribution in [1.29, 1.82) is 0 Å². The van der Waals surface area contributed by atoms with Crippen LogP contribution in [0.1, 0.15) is 32.0 Å². The summed E-state index contributed by atoms with van der Waals surface area (Å²) in [6, 6.07) is 0.0106. The summed E-state index contributed by atoms with van der Waals surface area (Å²) in [7, 11) is 0. The molecule has 0 aliphatic carbocycles. The van der Waals surface area contributed by atoms with E-state index in [1.54, 1.807) is 0 Å². The number of aryl methyl sites for hydroxylation is 1. The lowest BCUT2D eigenvalue weighted by Gasteiger charge is -2.31. The molecule has 0 aromatic carbocycles. The third kappa shape index (κ3) is 2.17. The molecule has 0 radical (unpaired) electrons. The van der Waals surface area contributed by atoms with Crippen molar-refractivity contribution in [3.63, 3.8) is 0 Å². The molecule has 0 N–H and O–H groups in total. The Morgan fingerprint density at radius 1 is 1.60 bits per heavy atom. The predicted octanol–water partition coefficient (Wildman–Crippen LogP) is 1.66. The fourth-order valence-electron chi connectivity index (χ4n) is 1.84. The summed E-state index contributed by atoms with van der Waals surface area (Å²) in [6.45, 7) is 2.97. The first-order valence-electron chi connectivity index (χ1n) is 5.39. The Morgan fingerprint density at radius 2 is 2.47 bits per heavy atom. The average Bonchev–Trinajstić information content (AvgIpc) is 2.77. The highest BCUT2D eigenvalue weighted by Gasteiger charge is 2.24. The van der Waals surface area contributed by atoms with Crippen LogP contribution in [0.2, 0.25) is 0 Å². The first-order chi connectivity index (χ1) is 7.35. The minimum Gasteiger partial charge on any atom is -0.337 e. The van der Waals surface area contributed by atoms with Gasteiger partial charge in [0, 0.05) is 24.5 Å². The van der Waals surface area contributed by atoms with Gasteiger partial charge in [0.15, 0.2) is 0 Å². The van der Waals surface area contributed by atoms with Crippen LogP contribution in [0.3, 0.4) is 0 Å². The summed E-state index contributed by atoms with van der Waals surface area (Å²) < 4.78 is 4.25. The average molecular weight is 225 g/mol. The van der Waals surface area contributed by atoms with Crippen LogP contribution >= 0.6 is 11.5 Å². The van der Waals surface area contributed by atoms with E-state index in [9.17, 15) is 4.79 Å². The van der Waals surface area contributed by atoms with Gasteiger partial charge in [-0.05, 0) is 19.3 Å². The Hall–Kier alpha value is -0.970. The number of hydrogen-bond donors (Lipinski definition) is 0. The van der Waals surface area contributed by atoms with E-state index in [0.29, 0.717) is 0 Å². The molecule has 1 atom stereocenters. The van der Waals surface area contributed by atoms with Gasteiger partial charge in [-0.25, -0.2) is 4.98 Å². The predicted molar refractivity (Wildman–Crippen MR) is 60.3 cm³/mol. The highest BCUT2D eigenvalue weighted by molar-refractivity contribution is 7.09. The molecule has 1 aliphatic rings. The third-order valence-electron chi connectivity index (χ3n) is 2.73. The van der Waals surface area contributed by atoms with E-state index in [2.05, 4.69) is 14.3 Å². The minimum atomic E-state index is 0.0106. The van der Waals surface area contributed by atoms with Crippen molar-refractivity contribution in [2.45, 2.75) is 38.6 Å². The molecule has 0 saturated carbocycles. The van der Waals surface area contributed by atoms with Crippen LogP contribution in [0.5, 0.6) is 0 Å². The monoisotopic (exact) mass is 225 g/mol. The molecular weight excluding hydrogens is 210 g/mol. The van der Waals surface area contributed by atoms with Gasteiger partial charge in [-0.3, -0.25) is 0 Å². The Balaban J connectivity index is 2.16. The van der Waals surface area contributed by atoms with Crippen LogP contribution in [0, 0.1) is 0 Å². The quantitative estimate of drug-likeness (QED) is 0.734. The lowest BCUT2D eigenvalue weighted by Crippen LogP contribution is -2.40. The van der Waals surface area contributed by atoms with Crippen molar-refractivity contribution in [2.75, 3.05) is 11.4 Å². The lowest BCUT2D eigenvalue weighted by atomic mass is 10.0. The SMILES string of the molecule is CCc1nsc(N2CCCCC2C=O)n1. The summed E-state index contributed by atoms with van der Waals surface area (Å²) in [5, 5.41) is 0.906. The highest BCUT2D eigenvalue weighted by atomic mass is 32.1. The van der Waals surface area contributed by atoms with Gasteiger partial charge in [-0.1, -0.05) is 6.92 Å². The van der Waals surface area contributed by atoms with Crippen LogP contribution in [0.25, 0.3) is 0 Å². The van der Waals surface area contributed by atoms with E-state index in [4.69, 9.17) is 0 Å². The lowest BCUT2D eigenvalue weighted by molar-refractivity contribution is -0.109. The van der Waals surface area contributed by atoms with Crippen molar-refractivity contribution < 1.29 is 4.79 Å². The zero-order chi connectivity index (χ0) is 10.7. The van der Waals surface area contributed by atoms with Gasteiger partial charge < -0.3 is 9.69 Å². The largest absolute Gasteiger partial charge is 0.337 e. The molecule has 1 unspecified atom stereocenters. The summed E-state index contributed by atoms with van der Waals surface area (Å²) >= 11 is 1.41. The first kappa shape index (κ1) is 10.5. The van der Waals surface area contributed by atoms with E-state index in [1.165, 1.54) is 11.5 Å². The molecule has 15 heavy (non-hydrogen) atoms. The molecule has 1 aromatic heterocycles. The number of nitrogens with zero attached hydrogens (tertiary/aromatic N) is 3. The van der Waals surface area contributed by atoms with Crippen LogP contribution in [-0.4, -0.2) is 28.2 Å². The zero-order valence-electron chi connectivity index (χ0n) is 8.85. The molecule has 0 spiro atoms. The molecule has 2 rings (SSSR count). The van der Waals surface area contributed by atoms with E-state index in [-0.39, 0.29) is 6.04 Å².